The molecule has 0 bridgehead atoms. The Morgan fingerprint density at radius 2 is 2.05 bits per heavy atom. The number of piperidine rings is 1. The number of aromatic nitrogens is 1. The molecule has 1 saturated carbocycles. The Balaban J connectivity index is 1.60. The Bertz CT molecular complexity index is 509. The van der Waals surface area contributed by atoms with E-state index in [1.807, 2.05) is 17.0 Å². The van der Waals surface area contributed by atoms with Crippen molar-refractivity contribution < 1.29 is 9.90 Å². The van der Waals surface area contributed by atoms with Gasteiger partial charge in [-0.3, -0.25) is 4.79 Å². The second kappa shape index (κ2) is 6.65. The smallest absolute Gasteiger partial charge is 0.255 e. The van der Waals surface area contributed by atoms with Crippen molar-refractivity contribution in [2.75, 3.05) is 18.4 Å². The number of anilines is 1. The van der Waals surface area contributed by atoms with Crippen molar-refractivity contribution in [3.63, 3.8) is 0 Å². The molecule has 0 radical (unpaired) electrons. The van der Waals surface area contributed by atoms with Gasteiger partial charge in [0.1, 0.15) is 5.82 Å². The second-order valence-corrected chi connectivity index (χ2v) is 6.66. The van der Waals surface area contributed by atoms with E-state index < -0.39 is 0 Å². The van der Waals surface area contributed by atoms with Crippen molar-refractivity contribution in [3.8, 4) is 0 Å². The average molecular weight is 303 g/mol. The lowest BCUT2D eigenvalue weighted by Gasteiger charge is -2.30. The number of nitrogens with one attached hydrogen (secondary N) is 1. The van der Waals surface area contributed by atoms with Crippen LogP contribution < -0.4 is 5.32 Å². The topological polar surface area (TPSA) is 65.5 Å². The number of likely N-dealkylation sites (tertiary alicyclic amines) is 1. The van der Waals surface area contributed by atoms with E-state index in [0.29, 0.717) is 11.5 Å². The molecule has 3 rings (SSSR count). The van der Waals surface area contributed by atoms with E-state index in [1.54, 1.807) is 6.20 Å². The van der Waals surface area contributed by atoms with E-state index >= 15 is 0 Å². The standard InChI is InChI=1S/C17H25N3O2/c1-12-7-9-20(10-8-12)17(22)13-5-6-16(18-11-13)19-14-3-2-4-15(14)21/h5-6,11-12,14-15,21H,2-4,7-10H2,1H3,(H,18,19)/t14-,15+/m0/s1. The number of hydrogen-bond donors (Lipinski definition) is 2. The molecule has 5 heteroatoms. The molecule has 5 nitrogen and oxygen atoms in total. The summed E-state index contributed by atoms with van der Waals surface area (Å²) in [6.45, 7) is 3.92. The number of pyridine rings is 1. The number of amides is 1. The first-order chi connectivity index (χ1) is 10.6. The zero-order valence-electron chi connectivity index (χ0n) is 13.2. The maximum Gasteiger partial charge on any atom is 0.255 e. The zero-order chi connectivity index (χ0) is 15.5. The van der Waals surface area contributed by atoms with Crippen molar-refractivity contribution in [1.29, 1.82) is 0 Å². The number of aliphatic hydroxyl groups excluding tert-OH is 1. The van der Waals surface area contributed by atoms with Crippen LogP contribution in [0.25, 0.3) is 0 Å². The summed E-state index contributed by atoms with van der Waals surface area (Å²) in [5.74, 6) is 1.52. The quantitative estimate of drug-likeness (QED) is 0.899. The summed E-state index contributed by atoms with van der Waals surface area (Å²) in [5, 5.41) is 13.1. The van der Waals surface area contributed by atoms with Gasteiger partial charge in [0.05, 0.1) is 17.7 Å². The fourth-order valence-electron chi connectivity index (χ4n) is 3.30. The second-order valence-electron chi connectivity index (χ2n) is 6.66. The van der Waals surface area contributed by atoms with Crippen LogP contribution in [0.3, 0.4) is 0 Å². The van der Waals surface area contributed by atoms with E-state index in [1.165, 1.54) is 0 Å². The fourth-order valence-corrected chi connectivity index (χ4v) is 3.30. The highest BCUT2D eigenvalue weighted by Crippen LogP contribution is 2.23. The molecule has 1 saturated heterocycles. The third kappa shape index (κ3) is 3.40. The van der Waals surface area contributed by atoms with Gasteiger partial charge in [-0.25, -0.2) is 4.98 Å². The van der Waals surface area contributed by atoms with Crippen LogP contribution >= 0.6 is 0 Å². The normalized spacial score (nSPS) is 26.2. The lowest BCUT2D eigenvalue weighted by molar-refractivity contribution is 0.0697. The van der Waals surface area contributed by atoms with E-state index in [0.717, 1.165) is 51.0 Å². The molecule has 22 heavy (non-hydrogen) atoms. The summed E-state index contributed by atoms with van der Waals surface area (Å²) in [5.41, 5.74) is 0.645. The molecule has 0 aromatic carbocycles. The first-order valence-electron chi connectivity index (χ1n) is 8.33. The highest BCUT2D eigenvalue weighted by Gasteiger charge is 2.25. The molecule has 0 spiro atoms. The summed E-state index contributed by atoms with van der Waals surface area (Å²) < 4.78 is 0. The third-order valence-electron chi connectivity index (χ3n) is 4.89. The predicted octanol–water partition coefficient (Wildman–Crippen LogP) is 2.28. The van der Waals surface area contributed by atoms with Crippen LogP contribution in [-0.2, 0) is 0 Å². The van der Waals surface area contributed by atoms with Crippen molar-refractivity contribution in [2.24, 2.45) is 5.92 Å². The van der Waals surface area contributed by atoms with E-state index in [9.17, 15) is 9.90 Å². The van der Waals surface area contributed by atoms with Crippen LogP contribution in [0.2, 0.25) is 0 Å². The van der Waals surface area contributed by atoms with Gasteiger partial charge in [0.2, 0.25) is 0 Å². The van der Waals surface area contributed by atoms with Crippen LogP contribution in [0, 0.1) is 5.92 Å². The van der Waals surface area contributed by atoms with Crippen LogP contribution in [0.4, 0.5) is 5.82 Å². The summed E-state index contributed by atoms with van der Waals surface area (Å²) in [6.07, 6.45) is 6.37. The highest BCUT2D eigenvalue weighted by atomic mass is 16.3. The molecule has 2 N–H and O–H groups in total. The number of aliphatic hydroxyl groups is 1. The molecule has 0 unspecified atom stereocenters. The fraction of sp³-hybridized carbons (Fsp3) is 0.647. The maximum absolute atomic E-state index is 12.4. The Morgan fingerprint density at radius 1 is 1.27 bits per heavy atom. The van der Waals surface area contributed by atoms with Crippen molar-refractivity contribution >= 4 is 11.7 Å². The van der Waals surface area contributed by atoms with Gasteiger partial charge in [-0.1, -0.05) is 6.92 Å². The van der Waals surface area contributed by atoms with E-state index in [2.05, 4.69) is 17.2 Å². The van der Waals surface area contributed by atoms with Gasteiger partial charge in [0.15, 0.2) is 0 Å². The summed E-state index contributed by atoms with van der Waals surface area (Å²) in [7, 11) is 0. The Kier molecular flexibility index (Phi) is 4.62. The molecule has 2 heterocycles. The van der Waals surface area contributed by atoms with E-state index in [-0.39, 0.29) is 18.1 Å². The van der Waals surface area contributed by atoms with Gasteiger partial charge in [0, 0.05) is 19.3 Å². The van der Waals surface area contributed by atoms with Gasteiger partial charge < -0.3 is 15.3 Å². The lowest BCUT2D eigenvalue weighted by atomic mass is 9.99. The first-order valence-corrected chi connectivity index (χ1v) is 8.33. The molecular formula is C17H25N3O2. The average Bonchev–Trinajstić information content (AvgIpc) is 2.93. The SMILES string of the molecule is CC1CCN(C(=O)c2ccc(N[C@H]3CCC[C@H]3O)nc2)CC1. The molecule has 1 aliphatic carbocycles. The molecule has 2 atom stereocenters. The molecule has 2 fully saturated rings. The molecule has 2 aliphatic rings. The Hall–Kier alpha value is -1.62. The van der Waals surface area contributed by atoms with E-state index in [4.69, 9.17) is 0 Å². The molecule has 1 aliphatic heterocycles. The number of hydrogen-bond acceptors (Lipinski definition) is 4. The minimum Gasteiger partial charge on any atom is -0.391 e. The van der Waals surface area contributed by atoms with Crippen LogP contribution in [-0.4, -0.2) is 46.1 Å². The van der Waals surface area contributed by atoms with Crippen LogP contribution in [0.1, 0.15) is 49.4 Å². The minimum absolute atomic E-state index is 0.0758. The predicted molar refractivity (Wildman–Crippen MR) is 85.8 cm³/mol. The largest absolute Gasteiger partial charge is 0.391 e. The Morgan fingerprint density at radius 3 is 2.64 bits per heavy atom. The summed E-state index contributed by atoms with van der Waals surface area (Å²) in [6, 6.07) is 3.75. The number of rotatable bonds is 3. The van der Waals surface area contributed by atoms with Gasteiger partial charge in [0.25, 0.3) is 5.91 Å². The maximum atomic E-state index is 12.4. The van der Waals surface area contributed by atoms with Crippen LogP contribution in [0.5, 0.6) is 0 Å². The zero-order valence-corrected chi connectivity index (χ0v) is 13.2. The molecular weight excluding hydrogens is 278 g/mol. The number of carbonyl (C=O) groups excluding carboxylic acids is 1. The molecule has 1 amide bonds. The van der Waals surface area contributed by atoms with Gasteiger partial charge in [-0.2, -0.15) is 0 Å². The molecule has 120 valence electrons. The number of carbonyl (C=O) groups is 1. The molecule has 1 aromatic rings. The van der Waals surface area contributed by atoms with Crippen LogP contribution in [0.15, 0.2) is 18.3 Å². The first kappa shape index (κ1) is 15.3. The van der Waals surface area contributed by atoms with Gasteiger partial charge >= 0.3 is 0 Å². The van der Waals surface area contributed by atoms with Crippen molar-refractivity contribution in [3.05, 3.63) is 23.9 Å². The third-order valence-corrected chi connectivity index (χ3v) is 4.89. The summed E-state index contributed by atoms with van der Waals surface area (Å²) >= 11 is 0. The van der Waals surface area contributed by atoms with Gasteiger partial charge in [-0.15, -0.1) is 0 Å². The monoisotopic (exact) mass is 303 g/mol. The van der Waals surface area contributed by atoms with Crippen molar-refractivity contribution in [2.45, 2.75) is 51.2 Å². The number of nitrogens with zero attached hydrogens (tertiary/aromatic N) is 2. The lowest BCUT2D eigenvalue weighted by Crippen LogP contribution is -2.38. The Labute approximate surface area is 131 Å². The van der Waals surface area contributed by atoms with Gasteiger partial charge in [-0.05, 0) is 50.2 Å². The molecule has 1 aromatic heterocycles. The summed E-state index contributed by atoms with van der Waals surface area (Å²) in [4.78, 5) is 18.7. The minimum atomic E-state index is -0.293. The highest BCUT2D eigenvalue weighted by molar-refractivity contribution is 5.94. The van der Waals surface area contributed by atoms with Crippen molar-refractivity contribution in [1.82, 2.24) is 9.88 Å².